The number of nitrogens with one attached hydrogen (secondary N) is 2. The number of benzene rings is 2. The van der Waals surface area contributed by atoms with E-state index in [2.05, 4.69) is 22.8 Å². The molecule has 0 bridgehead atoms. The highest BCUT2D eigenvalue weighted by molar-refractivity contribution is 6.10. The number of hydrogen-bond acceptors (Lipinski definition) is 3. The highest BCUT2D eigenvalue weighted by atomic mass is 16.2. The van der Waals surface area contributed by atoms with E-state index >= 15 is 0 Å². The number of carbonyl (C=O) groups excluding carboxylic acids is 2. The summed E-state index contributed by atoms with van der Waals surface area (Å²) in [6.07, 6.45) is 3.36. The van der Waals surface area contributed by atoms with Gasteiger partial charge in [-0.1, -0.05) is 42.5 Å². The molecule has 1 heterocycles. The average molecular weight is 349 g/mol. The number of amides is 2. The molecule has 1 saturated carbocycles. The fraction of sp³-hybridized carbons (Fsp3) is 0.333. The van der Waals surface area contributed by atoms with Crippen LogP contribution in [0.3, 0.4) is 0 Å². The summed E-state index contributed by atoms with van der Waals surface area (Å²) < 4.78 is 0. The van der Waals surface area contributed by atoms with Crippen molar-refractivity contribution in [1.82, 2.24) is 5.32 Å². The minimum atomic E-state index is -0.153. The van der Waals surface area contributed by atoms with E-state index in [1.807, 2.05) is 42.5 Å². The standard InChI is InChI=1S/C21H23N3O2/c25-20-14-24(19-9-5-4-8-17(19)23-20)21(26)13-22-18(16-10-11-16)12-15-6-2-1-3-7-15/h1-9,16,18,22H,10-14H2,(H,23,25)/t18-/m1/s1. The Balaban J connectivity index is 1.42. The van der Waals surface area contributed by atoms with Crippen molar-refractivity contribution in [3.8, 4) is 0 Å². The van der Waals surface area contributed by atoms with Gasteiger partial charge in [0.1, 0.15) is 6.54 Å². The Labute approximate surface area is 153 Å². The zero-order chi connectivity index (χ0) is 17.9. The summed E-state index contributed by atoms with van der Waals surface area (Å²) in [7, 11) is 0. The monoisotopic (exact) mass is 349 g/mol. The minimum absolute atomic E-state index is 0.0639. The zero-order valence-electron chi connectivity index (χ0n) is 14.7. The maximum atomic E-state index is 12.8. The van der Waals surface area contributed by atoms with Crippen LogP contribution in [0.4, 0.5) is 11.4 Å². The van der Waals surface area contributed by atoms with Gasteiger partial charge in [-0.25, -0.2) is 0 Å². The number of rotatable bonds is 6. The molecule has 2 aromatic carbocycles. The Kier molecular flexibility index (Phi) is 4.71. The van der Waals surface area contributed by atoms with Gasteiger partial charge in [-0.05, 0) is 42.9 Å². The van der Waals surface area contributed by atoms with Gasteiger partial charge in [0, 0.05) is 6.04 Å². The molecule has 1 aliphatic heterocycles. The summed E-state index contributed by atoms with van der Waals surface area (Å²) in [5, 5.41) is 6.27. The van der Waals surface area contributed by atoms with Crippen LogP contribution in [-0.4, -0.2) is 30.9 Å². The molecule has 2 aromatic rings. The first-order chi connectivity index (χ1) is 12.7. The second-order valence-corrected chi connectivity index (χ2v) is 7.06. The molecule has 2 aliphatic rings. The number of para-hydroxylation sites is 2. The molecule has 4 rings (SSSR count). The number of nitrogens with zero attached hydrogens (tertiary/aromatic N) is 1. The first-order valence-corrected chi connectivity index (χ1v) is 9.17. The zero-order valence-corrected chi connectivity index (χ0v) is 14.7. The first kappa shape index (κ1) is 16.8. The van der Waals surface area contributed by atoms with Crippen LogP contribution in [0, 0.1) is 5.92 Å². The molecule has 5 nitrogen and oxygen atoms in total. The SMILES string of the molecule is O=C1CN(C(=O)CN[C@H](Cc2ccccc2)C2CC2)c2ccccc2N1. The Bertz CT molecular complexity index is 802. The molecule has 0 saturated heterocycles. The highest BCUT2D eigenvalue weighted by Gasteiger charge is 2.32. The van der Waals surface area contributed by atoms with Gasteiger partial charge in [-0.2, -0.15) is 0 Å². The number of fused-ring (bicyclic) bond motifs is 1. The lowest BCUT2D eigenvalue weighted by atomic mass is 10.0. The van der Waals surface area contributed by atoms with Crippen molar-refractivity contribution in [2.75, 3.05) is 23.3 Å². The summed E-state index contributed by atoms with van der Waals surface area (Å²) >= 11 is 0. The molecule has 0 radical (unpaired) electrons. The topological polar surface area (TPSA) is 61.4 Å². The van der Waals surface area contributed by atoms with Crippen LogP contribution in [0.5, 0.6) is 0 Å². The molecule has 2 amide bonds. The van der Waals surface area contributed by atoms with E-state index in [0.717, 1.165) is 12.1 Å². The highest BCUT2D eigenvalue weighted by Crippen LogP contribution is 2.34. The minimum Gasteiger partial charge on any atom is -0.323 e. The maximum absolute atomic E-state index is 12.8. The first-order valence-electron chi connectivity index (χ1n) is 9.17. The van der Waals surface area contributed by atoms with Gasteiger partial charge in [0.25, 0.3) is 0 Å². The molecular formula is C21H23N3O2. The number of carbonyl (C=O) groups is 2. The molecule has 1 fully saturated rings. The normalized spacial score (nSPS) is 17.4. The van der Waals surface area contributed by atoms with Gasteiger partial charge in [0.2, 0.25) is 11.8 Å². The second-order valence-electron chi connectivity index (χ2n) is 7.06. The Morgan fingerprint density at radius 1 is 1.12 bits per heavy atom. The van der Waals surface area contributed by atoms with Crippen molar-refractivity contribution < 1.29 is 9.59 Å². The quantitative estimate of drug-likeness (QED) is 0.843. The fourth-order valence-electron chi connectivity index (χ4n) is 3.54. The van der Waals surface area contributed by atoms with Gasteiger partial charge >= 0.3 is 0 Å². The Morgan fingerprint density at radius 2 is 1.85 bits per heavy atom. The Morgan fingerprint density at radius 3 is 2.62 bits per heavy atom. The maximum Gasteiger partial charge on any atom is 0.244 e. The van der Waals surface area contributed by atoms with Crippen LogP contribution < -0.4 is 15.5 Å². The largest absolute Gasteiger partial charge is 0.323 e. The molecule has 0 unspecified atom stereocenters. The smallest absolute Gasteiger partial charge is 0.244 e. The van der Waals surface area contributed by atoms with Crippen molar-refractivity contribution in [3.63, 3.8) is 0 Å². The summed E-state index contributed by atoms with van der Waals surface area (Å²) in [6.45, 7) is 0.319. The molecular weight excluding hydrogens is 326 g/mol. The van der Waals surface area contributed by atoms with Crippen molar-refractivity contribution in [2.45, 2.75) is 25.3 Å². The molecule has 5 heteroatoms. The summed E-state index contributed by atoms with van der Waals surface area (Å²) in [5.41, 5.74) is 2.75. The van der Waals surface area contributed by atoms with E-state index in [9.17, 15) is 9.59 Å². The Hall–Kier alpha value is -2.66. The van der Waals surface area contributed by atoms with Gasteiger partial charge in [0.05, 0.1) is 17.9 Å². The van der Waals surface area contributed by atoms with E-state index in [-0.39, 0.29) is 24.9 Å². The fourth-order valence-corrected chi connectivity index (χ4v) is 3.54. The summed E-state index contributed by atoms with van der Waals surface area (Å²) in [5.74, 6) is 0.422. The third-order valence-corrected chi connectivity index (χ3v) is 5.08. The van der Waals surface area contributed by atoms with Gasteiger partial charge in [-0.15, -0.1) is 0 Å². The number of anilines is 2. The average Bonchev–Trinajstić information content (AvgIpc) is 3.50. The van der Waals surface area contributed by atoms with E-state index in [1.165, 1.54) is 18.4 Å². The van der Waals surface area contributed by atoms with E-state index < -0.39 is 0 Å². The molecule has 1 atom stereocenters. The van der Waals surface area contributed by atoms with Crippen LogP contribution in [-0.2, 0) is 16.0 Å². The van der Waals surface area contributed by atoms with Crippen molar-refractivity contribution in [3.05, 3.63) is 60.2 Å². The molecule has 0 spiro atoms. The molecule has 134 valence electrons. The van der Waals surface area contributed by atoms with Crippen LogP contribution in [0.25, 0.3) is 0 Å². The lowest BCUT2D eigenvalue weighted by molar-refractivity contribution is -0.121. The summed E-state index contributed by atoms with van der Waals surface area (Å²) in [4.78, 5) is 26.3. The molecule has 1 aliphatic carbocycles. The van der Waals surface area contributed by atoms with Gasteiger partial charge in [0.15, 0.2) is 0 Å². The van der Waals surface area contributed by atoms with Gasteiger partial charge < -0.3 is 10.6 Å². The lowest BCUT2D eigenvalue weighted by Crippen LogP contribution is -2.48. The molecule has 26 heavy (non-hydrogen) atoms. The third-order valence-electron chi connectivity index (χ3n) is 5.08. The van der Waals surface area contributed by atoms with Crippen LogP contribution in [0.2, 0.25) is 0 Å². The van der Waals surface area contributed by atoms with Crippen LogP contribution in [0.1, 0.15) is 18.4 Å². The van der Waals surface area contributed by atoms with Crippen molar-refractivity contribution in [1.29, 1.82) is 0 Å². The molecule has 2 N–H and O–H groups in total. The van der Waals surface area contributed by atoms with E-state index in [4.69, 9.17) is 0 Å². The third kappa shape index (κ3) is 3.78. The van der Waals surface area contributed by atoms with Crippen LogP contribution >= 0.6 is 0 Å². The van der Waals surface area contributed by atoms with Crippen LogP contribution in [0.15, 0.2) is 54.6 Å². The van der Waals surface area contributed by atoms with Crippen molar-refractivity contribution in [2.24, 2.45) is 5.92 Å². The van der Waals surface area contributed by atoms with E-state index in [0.29, 0.717) is 17.6 Å². The number of hydrogen-bond donors (Lipinski definition) is 2. The predicted molar refractivity (Wildman–Crippen MR) is 102 cm³/mol. The molecule has 0 aromatic heterocycles. The predicted octanol–water partition coefficient (Wildman–Crippen LogP) is 2.58. The lowest BCUT2D eigenvalue weighted by Gasteiger charge is -2.30. The summed E-state index contributed by atoms with van der Waals surface area (Å²) in [6, 6.07) is 18.1. The van der Waals surface area contributed by atoms with E-state index in [1.54, 1.807) is 4.90 Å². The van der Waals surface area contributed by atoms with Gasteiger partial charge in [-0.3, -0.25) is 14.5 Å². The second kappa shape index (κ2) is 7.30. The van der Waals surface area contributed by atoms with Crippen molar-refractivity contribution >= 4 is 23.2 Å².